The molecule has 8 heteroatoms. The van der Waals surface area contributed by atoms with Crippen LogP contribution in [0.5, 0.6) is 0 Å². The van der Waals surface area contributed by atoms with E-state index >= 15 is 0 Å². The zero-order valence-electron chi connectivity index (χ0n) is 15.5. The molecule has 0 heterocycles. The summed E-state index contributed by atoms with van der Waals surface area (Å²) in [7, 11) is -4.58. The number of carboxylic acid groups (broad SMARTS) is 1. The van der Waals surface area contributed by atoms with Gasteiger partial charge in [0, 0.05) is 0 Å². The molecule has 28 heavy (non-hydrogen) atoms. The topological polar surface area (TPSA) is 121 Å². The predicted molar refractivity (Wildman–Crippen MR) is 106 cm³/mol. The molecule has 0 aliphatic heterocycles. The number of hydrogen-bond donors (Lipinski definition) is 3. The minimum Gasteiger partial charge on any atom is -0.480 e. The molecule has 2 rings (SSSR count). The minimum absolute atomic E-state index is 0.309. The van der Waals surface area contributed by atoms with E-state index in [0.717, 1.165) is 24.0 Å². The summed E-state index contributed by atoms with van der Waals surface area (Å²) in [5.41, 5.74) is 2.47. The number of hydrogen-bond acceptors (Lipinski definition) is 4. The van der Waals surface area contributed by atoms with Crippen molar-refractivity contribution in [3.63, 3.8) is 0 Å². The Kier molecular flexibility index (Phi) is 7.31. The molecule has 2 aromatic rings. The van der Waals surface area contributed by atoms with Gasteiger partial charge < -0.3 is 10.4 Å². The fourth-order valence-corrected chi connectivity index (χ4v) is 3.56. The van der Waals surface area contributed by atoms with Gasteiger partial charge in [0.25, 0.3) is 16.0 Å². The maximum absolute atomic E-state index is 13.0. The van der Waals surface area contributed by atoms with Gasteiger partial charge in [0.2, 0.25) is 0 Å². The summed E-state index contributed by atoms with van der Waals surface area (Å²) < 4.78 is 31.2. The van der Waals surface area contributed by atoms with E-state index in [-0.39, 0.29) is 0 Å². The molecule has 0 aliphatic carbocycles. The third-order valence-corrected chi connectivity index (χ3v) is 5.00. The highest BCUT2D eigenvalue weighted by atomic mass is 32.2. The van der Waals surface area contributed by atoms with Crippen molar-refractivity contribution in [1.29, 1.82) is 0 Å². The van der Waals surface area contributed by atoms with E-state index in [0.29, 0.717) is 17.5 Å². The van der Waals surface area contributed by atoms with Gasteiger partial charge in [-0.05, 0) is 29.5 Å². The second-order valence-corrected chi connectivity index (χ2v) is 7.92. The van der Waals surface area contributed by atoms with Gasteiger partial charge in [-0.2, -0.15) is 8.42 Å². The smallest absolute Gasteiger partial charge is 0.327 e. The van der Waals surface area contributed by atoms with E-state index in [1.165, 1.54) is 0 Å². The van der Waals surface area contributed by atoms with Crippen LogP contribution in [-0.2, 0) is 21.3 Å². The maximum atomic E-state index is 13.0. The van der Waals surface area contributed by atoms with Crippen LogP contribution in [0.3, 0.4) is 0 Å². The Bertz CT molecular complexity index is 940. The summed E-state index contributed by atoms with van der Waals surface area (Å²) in [6, 6.07) is 12.8. The van der Waals surface area contributed by atoms with Crippen molar-refractivity contribution in [2.75, 3.05) is 5.75 Å². The number of aryl methyl sites for hydroxylation is 1. The number of nitrogens with one attached hydrogen (secondary N) is 1. The molecule has 1 atom stereocenters. The van der Waals surface area contributed by atoms with Gasteiger partial charge in [-0.15, -0.1) is 0 Å². The number of carboxylic acids is 1. The van der Waals surface area contributed by atoms with Crippen LogP contribution in [0.2, 0.25) is 0 Å². The van der Waals surface area contributed by atoms with Gasteiger partial charge in [-0.25, -0.2) is 4.79 Å². The number of carbonyl (C=O) groups excluding carboxylic acids is 1. The van der Waals surface area contributed by atoms with Crippen molar-refractivity contribution in [3.05, 3.63) is 59.7 Å². The Morgan fingerprint density at radius 1 is 1.07 bits per heavy atom. The van der Waals surface area contributed by atoms with Gasteiger partial charge >= 0.3 is 5.97 Å². The number of carbonyl (C=O) groups is 2. The van der Waals surface area contributed by atoms with Crippen LogP contribution >= 0.6 is 0 Å². The van der Waals surface area contributed by atoms with Crippen molar-refractivity contribution in [2.45, 2.75) is 32.2 Å². The number of aliphatic carboxylic acids is 1. The van der Waals surface area contributed by atoms with E-state index < -0.39 is 33.8 Å². The van der Waals surface area contributed by atoms with Crippen molar-refractivity contribution in [1.82, 2.24) is 5.32 Å². The average molecular weight is 405 g/mol. The highest BCUT2D eigenvalue weighted by molar-refractivity contribution is 7.85. The first-order chi connectivity index (χ1) is 13.2. The molecule has 150 valence electrons. The lowest BCUT2D eigenvalue weighted by molar-refractivity contribution is -0.138. The lowest BCUT2D eigenvalue weighted by Crippen LogP contribution is -2.45. The van der Waals surface area contributed by atoms with Crippen LogP contribution in [0.1, 0.15) is 35.7 Å². The van der Waals surface area contributed by atoms with Crippen LogP contribution in [0, 0.1) is 0 Å². The van der Waals surface area contributed by atoms with Gasteiger partial charge in [0.1, 0.15) is 11.8 Å². The first kappa shape index (κ1) is 21.6. The first-order valence-corrected chi connectivity index (χ1v) is 10.5. The van der Waals surface area contributed by atoms with E-state index in [1.54, 1.807) is 12.1 Å². The molecule has 7 nitrogen and oxygen atoms in total. The predicted octanol–water partition coefficient (Wildman–Crippen LogP) is 2.77. The lowest BCUT2D eigenvalue weighted by atomic mass is 9.92. The largest absolute Gasteiger partial charge is 0.480 e. The van der Waals surface area contributed by atoms with Gasteiger partial charge in [-0.1, -0.05) is 61.9 Å². The number of benzene rings is 2. The van der Waals surface area contributed by atoms with E-state index in [1.807, 2.05) is 43.3 Å². The van der Waals surface area contributed by atoms with Crippen molar-refractivity contribution < 1.29 is 27.7 Å². The molecule has 0 bridgehead atoms. The second kappa shape index (κ2) is 9.48. The quantitative estimate of drug-likeness (QED) is 0.552. The molecule has 0 aliphatic rings. The summed E-state index contributed by atoms with van der Waals surface area (Å²) in [4.78, 5) is 24.3. The summed E-state index contributed by atoms with van der Waals surface area (Å²) in [6.45, 7) is 2.02. The second-order valence-electron chi connectivity index (χ2n) is 6.42. The van der Waals surface area contributed by atoms with Crippen LogP contribution < -0.4 is 5.32 Å². The van der Waals surface area contributed by atoms with Crippen molar-refractivity contribution in [2.24, 2.45) is 0 Å². The number of rotatable bonds is 9. The Balaban J connectivity index is 2.48. The molecule has 0 aromatic heterocycles. The summed E-state index contributed by atoms with van der Waals surface area (Å²) in [5, 5.41) is 11.5. The van der Waals surface area contributed by atoms with Gasteiger partial charge in [-0.3, -0.25) is 9.35 Å². The Labute approximate surface area is 164 Å². The average Bonchev–Trinajstić information content (AvgIpc) is 2.65. The normalized spacial score (nSPS) is 12.4. The van der Waals surface area contributed by atoms with Crippen LogP contribution in [0.15, 0.2) is 48.5 Å². The summed E-state index contributed by atoms with van der Waals surface area (Å²) in [6.07, 6.45) is 2.37. The molecular weight excluding hydrogens is 382 g/mol. The molecule has 0 saturated heterocycles. The monoisotopic (exact) mass is 405 g/mol. The molecule has 0 spiro atoms. The van der Waals surface area contributed by atoms with E-state index in [4.69, 9.17) is 4.55 Å². The molecule has 0 unspecified atom stereocenters. The molecule has 1 amide bonds. The zero-order valence-corrected chi connectivity index (χ0v) is 16.3. The third-order valence-electron chi connectivity index (χ3n) is 4.24. The highest BCUT2D eigenvalue weighted by Gasteiger charge is 2.28. The van der Waals surface area contributed by atoms with Crippen LogP contribution in [0.4, 0.5) is 0 Å². The van der Waals surface area contributed by atoms with Crippen molar-refractivity contribution >= 4 is 22.0 Å². The van der Waals surface area contributed by atoms with E-state index in [2.05, 4.69) is 5.32 Å². The molecule has 0 fully saturated rings. The molecule has 0 radical (unpaired) electrons. The molecule has 0 saturated carbocycles. The Hall–Kier alpha value is -2.71. The first-order valence-electron chi connectivity index (χ1n) is 8.89. The SMILES string of the molecule is CCCCc1cccc(-c2ccccc2)c1C(=O)N[C@@H](CS(=O)(=O)O)C(=O)O. The fourth-order valence-electron chi connectivity index (χ4n) is 2.92. The van der Waals surface area contributed by atoms with Crippen LogP contribution in [0.25, 0.3) is 11.1 Å². The summed E-state index contributed by atoms with van der Waals surface area (Å²) in [5.74, 6) is -3.34. The van der Waals surface area contributed by atoms with Crippen molar-refractivity contribution in [3.8, 4) is 11.1 Å². The molecule has 3 N–H and O–H groups in total. The van der Waals surface area contributed by atoms with Crippen LogP contribution in [-0.4, -0.2) is 41.7 Å². The maximum Gasteiger partial charge on any atom is 0.327 e. The van der Waals surface area contributed by atoms with E-state index in [9.17, 15) is 23.1 Å². The van der Waals surface area contributed by atoms with Gasteiger partial charge in [0.05, 0.1) is 5.56 Å². The minimum atomic E-state index is -4.58. The lowest BCUT2D eigenvalue weighted by Gasteiger charge is -2.18. The number of amides is 1. The number of unbranched alkanes of at least 4 members (excludes halogenated alkanes) is 1. The fraction of sp³-hybridized carbons (Fsp3) is 0.300. The summed E-state index contributed by atoms with van der Waals surface area (Å²) >= 11 is 0. The standard InChI is InChI=1S/C20H23NO6S/c1-2-3-8-15-11-7-12-16(14-9-5-4-6-10-14)18(15)19(22)21-17(20(23)24)13-28(25,26)27/h4-7,9-12,17H,2-3,8,13H2,1H3,(H,21,22)(H,23,24)(H,25,26,27)/t17-/m0/s1. The third kappa shape index (κ3) is 5.90. The van der Waals surface area contributed by atoms with Gasteiger partial charge in [0.15, 0.2) is 0 Å². The Morgan fingerprint density at radius 2 is 1.75 bits per heavy atom. The Morgan fingerprint density at radius 3 is 2.32 bits per heavy atom. The molecule has 2 aromatic carbocycles. The molecular formula is C20H23NO6S. The highest BCUT2D eigenvalue weighted by Crippen LogP contribution is 2.27. The zero-order chi connectivity index (χ0) is 20.7.